The first-order valence-corrected chi connectivity index (χ1v) is 7.84. The van der Waals surface area contributed by atoms with Crippen LogP contribution in [0.2, 0.25) is 5.02 Å². The molecule has 1 N–H and O–H groups in total. The van der Waals surface area contributed by atoms with E-state index in [1.165, 1.54) is 38.3 Å². The molecule has 0 radical (unpaired) electrons. The predicted molar refractivity (Wildman–Crippen MR) is 96.5 cm³/mol. The molecule has 0 heterocycles. The number of halogens is 1. The van der Waals surface area contributed by atoms with Gasteiger partial charge in [-0.05, 0) is 25.1 Å². The smallest absolute Gasteiger partial charge is 0.312 e. The summed E-state index contributed by atoms with van der Waals surface area (Å²) in [6.45, 7) is 1.39. The number of nitrogens with zero attached hydrogens (tertiary/aromatic N) is 2. The summed E-state index contributed by atoms with van der Waals surface area (Å²) in [6.07, 6.45) is -1.11. The summed E-state index contributed by atoms with van der Waals surface area (Å²) in [7, 11) is 1.30. The second-order valence-electron chi connectivity index (χ2n) is 5.26. The summed E-state index contributed by atoms with van der Waals surface area (Å²) >= 11 is 5.73. The van der Waals surface area contributed by atoms with Crippen LogP contribution in [0.1, 0.15) is 6.92 Å². The van der Waals surface area contributed by atoms with Gasteiger partial charge in [-0.3, -0.25) is 25.0 Å². The monoisotopic (exact) mass is 395 g/mol. The number of carbonyl (C=O) groups excluding carboxylic acids is 1. The molecule has 11 heteroatoms. The molecule has 0 saturated heterocycles. The molecular formula is C16H14ClN3O7. The van der Waals surface area contributed by atoms with Crippen molar-refractivity contribution in [3.05, 3.63) is 61.6 Å². The zero-order valence-electron chi connectivity index (χ0n) is 14.2. The van der Waals surface area contributed by atoms with Gasteiger partial charge < -0.3 is 14.8 Å². The lowest BCUT2D eigenvalue weighted by Crippen LogP contribution is -2.30. The van der Waals surface area contributed by atoms with Crippen LogP contribution in [0.3, 0.4) is 0 Å². The molecule has 0 spiro atoms. The third-order valence-corrected chi connectivity index (χ3v) is 3.68. The number of nitro benzene ring substituents is 2. The van der Waals surface area contributed by atoms with Gasteiger partial charge in [0.2, 0.25) is 0 Å². The van der Waals surface area contributed by atoms with Gasteiger partial charge in [0.1, 0.15) is 5.75 Å². The van der Waals surface area contributed by atoms with Crippen LogP contribution in [0.25, 0.3) is 0 Å². The molecule has 10 nitrogen and oxygen atoms in total. The first-order chi connectivity index (χ1) is 12.7. The van der Waals surface area contributed by atoms with Crippen LogP contribution in [-0.4, -0.2) is 29.0 Å². The van der Waals surface area contributed by atoms with Gasteiger partial charge in [0.05, 0.1) is 28.7 Å². The van der Waals surface area contributed by atoms with Crippen molar-refractivity contribution in [1.29, 1.82) is 0 Å². The van der Waals surface area contributed by atoms with Crippen molar-refractivity contribution in [3.63, 3.8) is 0 Å². The number of ether oxygens (including phenoxy) is 2. The van der Waals surface area contributed by atoms with Gasteiger partial charge >= 0.3 is 5.69 Å². The molecule has 0 bridgehead atoms. The van der Waals surface area contributed by atoms with Gasteiger partial charge in [-0.25, -0.2) is 0 Å². The van der Waals surface area contributed by atoms with Crippen LogP contribution < -0.4 is 14.8 Å². The van der Waals surface area contributed by atoms with E-state index in [0.717, 1.165) is 12.1 Å². The molecule has 0 aromatic heterocycles. The average Bonchev–Trinajstić information content (AvgIpc) is 2.62. The maximum atomic E-state index is 12.3. The third-order valence-electron chi connectivity index (χ3n) is 3.44. The largest absolute Gasteiger partial charge is 0.494 e. The highest BCUT2D eigenvalue weighted by atomic mass is 35.5. The van der Waals surface area contributed by atoms with Crippen LogP contribution in [0, 0.1) is 20.2 Å². The Morgan fingerprint density at radius 3 is 2.41 bits per heavy atom. The van der Waals surface area contributed by atoms with Crippen molar-refractivity contribution < 1.29 is 24.1 Å². The standard InChI is InChI=1S/C16H14ClN3O7/c1-9(27-14-6-3-10(17)7-13(14)20(24)25)16(21)18-12-5-4-11(19(22)23)8-15(12)26-2/h3-9H,1-2H3,(H,18,21)/t9-/m0/s1. The number of amides is 1. The fourth-order valence-corrected chi connectivity index (χ4v) is 2.27. The Kier molecular flexibility index (Phi) is 6.14. The first-order valence-electron chi connectivity index (χ1n) is 7.46. The van der Waals surface area contributed by atoms with Gasteiger partial charge in [-0.2, -0.15) is 0 Å². The van der Waals surface area contributed by atoms with Gasteiger partial charge in [-0.1, -0.05) is 11.6 Å². The lowest BCUT2D eigenvalue weighted by atomic mass is 10.2. The average molecular weight is 396 g/mol. The maximum absolute atomic E-state index is 12.3. The Morgan fingerprint density at radius 2 is 1.81 bits per heavy atom. The van der Waals surface area contributed by atoms with Crippen LogP contribution >= 0.6 is 11.6 Å². The zero-order chi connectivity index (χ0) is 20.1. The number of anilines is 1. The summed E-state index contributed by atoms with van der Waals surface area (Å²) in [5.74, 6) is -0.670. The van der Waals surface area contributed by atoms with Crippen molar-refractivity contribution in [3.8, 4) is 11.5 Å². The Morgan fingerprint density at radius 1 is 1.11 bits per heavy atom. The van der Waals surface area contributed by atoms with Gasteiger partial charge in [-0.15, -0.1) is 0 Å². The van der Waals surface area contributed by atoms with Crippen molar-refractivity contribution in [2.45, 2.75) is 13.0 Å². The number of benzene rings is 2. The highest BCUT2D eigenvalue weighted by molar-refractivity contribution is 6.30. The molecule has 1 amide bonds. The predicted octanol–water partition coefficient (Wildman–Crippen LogP) is 3.57. The Balaban J connectivity index is 2.17. The fraction of sp³-hybridized carbons (Fsp3) is 0.188. The van der Waals surface area contributed by atoms with E-state index < -0.39 is 21.9 Å². The minimum absolute atomic E-state index is 0.0854. The van der Waals surface area contributed by atoms with E-state index in [0.29, 0.717) is 0 Å². The Hall–Kier alpha value is -3.40. The van der Waals surface area contributed by atoms with E-state index in [9.17, 15) is 25.0 Å². The Labute approximate surface area is 157 Å². The van der Waals surface area contributed by atoms with Crippen molar-refractivity contribution in [1.82, 2.24) is 0 Å². The molecular weight excluding hydrogens is 382 g/mol. The second kappa shape index (κ2) is 8.32. The number of hydrogen-bond acceptors (Lipinski definition) is 7. The lowest BCUT2D eigenvalue weighted by Gasteiger charge is -2.16. The van der Waals surface area contributed by atoms with E-state index in [2.05, 4.69) is 5.32 Å². The summed E-state index contributed by atoms with van der Waals surface area (Å²) in [4.78, 5) is 32.9. The molecule has 0 fully saturated rings. The van der Waals surface area contributed by atoms with Crippen LogP contribution in [0.15, 0.2) is 36.4 Å². The molecule has 142 valence electrons. The summed E-state index contributed by atoms with van der Waals surface area (Å²) in [6, 6.07) is 7.47. The Bertz CT molecular complexity index is 904. The molecule has 0 aliphatic rings. The number of non-ortho nitro benzene ring substituents is 1. The minimum Gasteiger partial charge on any atom is -0.494 e. The number of nitro groups is 2. The quantitative estimate of drug-likeness (QED) is 0.559. The highest BCUT2D eigenvalue weighted by Gasteiger charge is 2.23. The van der Waals surface area contributed by atoms with Crippen LogP contribution in [-0.2, 0) is 4.79 Å². The van der Waals surface area contributed by atoms with Crippen LogP contribution in [0.4, 0.5) is 17.1 Å². The fourth-order valence-electron chi connectivity index (χ4n) is 2.11. The summed E-state index contributed by atoms with van der Waals surface area (Å²) < 4.78 is 10.4. The number of nitrogens with one attached hydrogen (secondary N) is 1. The maximum Gasteiger partial charge on any atom is 0.312 e. The number of hydrogen-bond donors (Lipinski definition) is 1. The summed E-state index contributed by atoms with van der Waals surface area (Å²) in [5.41, 5.74) is -0.393. The van der Waals surface area contributed by atoms with E-state index in [1.807, 2.05) is 0 Å². The third kappa shape index (κ3) is 4.82. The first kappa shape index (κ1) is 19.9. The van der Waals surface area contributed by atoms with Crippen molar-refractivity contribution in [2.24, 2.45) is 0 Å². The molecule has 0 aliphatic carbocycles. The molecule has 2 aromatic carbocycles. The lowest BCUT2D eigenvalue weighted by molar-refractivity contribution is -0.386. The highest BCUT2D eigenvalue weighted by Crippen LogP contribution is 2.32. The molecule has 2 rings (SSSR count). The second-order valence-corrected chi connectivity index (χ2v) is 5.70. The minimum atomic E-state index is -1.11. The molecule has 27 heavy (non-hydrogen) atoms. The van der Waals surface area contributed by atoms with E-state index in [-0.39, 0.29) is 33.6 Å². The normalized spacial score (nSPS) is 11.4. The molecule has 0 unspecified atom stereocenters. The van der Waals surface area contributed by atoms with E-state index >= 15 is 0 Å². The summed E-state index contributed by atoms with van der Waals surface area (Å²) in [5, 5.41) is 24.5. The molecule has 0 saturated carbocycles. The van der Waals surface area contributed by atoms with Crippen molar-refractivity contribution >= 4 is 34.6 Å². The van der Waals surface area contributed by atoms with E-state index in [4.69, 9.17) is 21.1 Å². The van der Waals surface area contributed by atoms with Crippen LogP contribution in [0.5, 0.6) is 11.5 Å². The van der Waals surface area contributed by atoms with E-state index in [1.54, 1.807) is 0 Å². The number of rotatable bonds is 7. The van der Waals surface area contributed by atoms with Gasteiger partial charge in [0.15, 0.2) is 11.9 Å². The van der Waals surface area contributed by atoms with Gasteiger partial charge in [0.25, 0.3) is 11.6 Å². The molecule has 2 aromatic rings. The zero-order valence-corrected chi connectivity index (χ0v) is 14.9. The number of methoxy groups -OCH3 is 1. The number of carbonyl (C=O) groups is 1. The topological polar surface area (TPSA) is 134 Å². The van der Waals surface area contributed by atoms with Gasteiger partial charge in [0, 0.05) is 17.2 Å². The van der Waals surface area contributed by atoms with Crippen molar-refractivity contribution in [2.75, 3.05) is 12.4 Å². The molecule has 0 aliphatic heterocycles. The molecule has 1 atom stereocenters. The SMILES string of the molecule is COc1cc([N+](=O)[O-])ccc1NC(=O)[C@H](C)Oc1ccc(Cl)cc1[N+](=O)[O-].